The van der Waals surface area contributed by atoms with E-state index in [2.05, 4.69) is 5.10 Å². The van der Waals surface area contributed by atoms with Crippen LogP contribution in [0.1, 0.15) is 37.1 Å². The van der Waals surface area contributed by atoms with Gasteiger partial charge in [-0.15, -0.1) is 0 Å². The van der Waals surface area contributed by atoms with Crippen LogP contribution >= 0.6 is 0 Å². The van der Waals surface area contributed by atoms with Crippen molar-refractivity contribution in [2.45, 2.75) is 32.2 Å². The van der Waals surface area contributed by atoms with Gasteiger partial charge in [-0.2, -0.15) is 9.40 Å². The van der Waals surface area contributed by atoms with Gasteiger partial charge in [0, 0.05) is 38.0 Å². The van der Waals surface area contributed by atoms with Crippen LogP contribution in [0.3, 0.4) is 0 Å². The summed E-state index contributed by atoms with van der Waals surface area (Å²) in [4.78, 5) is 12.1. The molecule has 1 aromatic heterocycles. The Kier molecular flexibility index (Phi) is 5.43. The molecular weight excluding hydrogens is 352 g/mol. The number of rotatable bonds is 5. The van der Waals surface area contributed by atoms with Crippen LogP contribution < -0.4 is 5.69 Å². The molecule has 140 valence electrons. The van der Waals surface area contributed by atoms with Crippen molar-refractivity contribution in [1.82, 2.24) is 18.7 Å². The maximum Gasteiger partial charge on any atom is 0.345 e. The fraction of sp³-hybridized carbons (Fsp3) is 0.444. The van der Waals surface area contributed by atoms with E-state index in [1.807, 2.05) is 37.3 Å². The highest BCUT2D eigenvalue weighted by molar-refractivity contribution is 7.92. The minimum Gasteiger partial charge on any atom is -0.279 e. The molecule has 3 rings (SSSR count). The second kappa shape index (κ2) is 7.59. The van der Waals surface area contributed by atoms with Crippen molar-refractivity contribution in [1.29, 1.82) is 0 Å². The third-order valence-electron chi connectivity index (χ3n) is 4.69. The lowest BCUT2D eigenvalue weighted by Gasteiger charge is -2.30. The lowest BCUT2D eigenvalue weighted by molar-refractivity contribution is 0.307. The molecule has 1 unspecified atom stereocenters. The van der Waals surface area contributed by atoms with Gasteiger partial charge in [0.1, 0.15) is 5.82 Å². The Morgan fingerprint density at radius 3 is 2.69 bits per heavy atom. The van der Waals surface area contributed by atoms with Gasteiger partial charge < -0.3 is 0 Å². The summed E-state index contributed by atoms with van der Waals surface area (Å²) in [7, 11) is -1.89. The van der Waals surface area contributed by atoms with E-state index in [-0.39, 0.29) is 11.6 Å². The van der Waals surface area contributed by atoms with Crippen molar-refractivity contribution in [2.75, 3.05) is 13.1 Å². The summed E-state index contributed by atoms with van der Waals surface area (Å²) in [5.74, 6) is 0.601. The molecule has 26 heavy (non-hydrogen) atoms. The summed E-state index contributed by atoms with van der Waals surface area (Å²) < 4.78 is 29.8. The summed E-state index contributed by atoms with van der Waals surface area (Å²) in [6, 6.07) is 9.35. The molecule has 1 atom stereocenters. The van der Waals surface area contributed by atoms with Gasteiger partial charge in [0.25, 0.3) is 0 Å². The number of nitrogens with zero attached hydrogens (tertiary/aromatic N) is 4. The van der Waals surface area contributed by atoms with Crippen molar-refractivity contribution in [2.24, 2.45) is 7.05 Å². The highest BCUT2D eigenvalue weighted by Crippen LogP contribution is 2.27. The number of aryl methyl sites for hydroxylation is 1. The van der Waals surface area contributed by atoms with Crippen molar-refractivity contribution >= 4 is 16.1 Å². The zero-order chi connectivity index (χ0) is 18.7. The molecule has 1 aliphatic heterocycles. The van der Waals surface area contributed by atoms with Gasteiger partial charge in [0.2, 0.25) is 10.0 Å². The topological polar surface area (TPSA) is 77.2 Å². The molecule has 1 fully saturated rings. The Labute approximate surface area is 153 Å². The zero-order valence-corrected chi connectivity index (χ0v) is 15.9. The Balaban J connectivity index is 1.81. The minimum absolute atomic E-state index is 0.0718. The largest absolute Gasteiger partial charge is 0.345 e. The van der Waals surface area contributed by atoms with E-state index in [4.69, 9.17) is 0 Å². The Morgan fingerprint density at radius 1 is 1.27 bits per heavy atom. The second-order valence-corrected chi connectivity index (χ2v) is 8.28. The van der Waals surface area contributed by atoms with Gasteiger partial charge >= 0.3 is 5.69 Å². The summed E-state index contributed by atoms with van der Waals surface area (Å²) in [5.41, 5.74) is 0.681. The number of piperidine rings is 1. The quantitative estimate of drug-likeness (QED) is 0.797. The van der Waals surface area contributed by atoms with E-state index in [0.29, 0.717) is 25.5 Å². The lowest BCUT2D eigenvalue weighted by Crippen LogP contribution is -2.39. The van der Waals surface area contributed by atoms with Gasteiger partial charge in [-0.05, 0) is 31.4 Å². The van der Waals surface area contributed by atoms with E-state index in [1.54, 1.807) is 17.7 Å². The minimum atomic E-state index is -3.51. The summed E-state index contributed by atoms with van der Waals surface area (Å²) >= 11 is 0. The molecular formula is C18H24N4O3S. The summed E-state index contributed by atoms with van der Waals surface area (Å²) in [6.07, 6.45) is 3.18. The lowest BCUT2D eigenvalue weighted by atomic mass is 9.99. The molecule has 7 nitrogen and oxygen atoms in total. The van der Waals surface area contributed by atoms with Gasteiger partial charge in [-0.1, -0.05) is 30.3 Å². The number of aromatic nitrogens is 3. The van der Waals surface area contributed by atoms with E-state index >= 15 is 0 Å². The summed E-state index contributed by atoms with van der Waals surface area (Å²) in [6.45, 7) is 3.25. The van der Waals surface area contributed by atoms with Crippen molar-refractivity contribution in [3.8, 4) is 0 Å². The number of sulfonamides is 1. The fourth-order valence-electron chi connectivity index (χ4n) is 3.32. The van der Waals surface area contributed by atoms with E-state index in [1.165, 1.54) is 14.4 Å². The van der Waals surface area contributed by atoms with Crippen LogP contribution in [0.2, 0.25) is 0 Å². The van der Waals surface area contributed by atoms with E-state index in [9.17, 15) is 13.2 Å². The van der Waals surface area contributed by atoms with Crippen LogP contribution in [-0.2, 0) is 23.6 Å². The average Bonchev–Trinajstić information content (AvgIpc) is 2.95. The first-order valence-electron chi connectivity index (χ1n) is 8.79. The van der Waals surface area contributed by atoms with Crippen LogP contribution in [-0.4, -0.2) is 40.2 Å². The first-order chi connectivity index (χ1) is 12.4. The standard InChI is InChI=1S/C18H24N4O3S/c1-3-22-17(19-20(2)18(22)23)16-10-7-12-21(14-16)26(24,25)13-11-15-8-5-4-6-9-15/h4-6,8-9,11,13,16H,3,7,10,12,14H2,1-2H3/b13-11+. The Bertz CT molecular complexity index is 945. The molecule has 0 spiro atoms. The third-order valence-corrected chi connectivity index (χ3v) is 6.23. The van der Waals surface area contributed by atoms with Crippen LogP contribution in [0.5, 0.6) is 0 Å². The van der Waals surface area contributed by atoms with E-state index < -0.39 is 10.0 Å². The van der Waals surface area contributed by atoms with Crippen molar-refractivity contribution in [3.05, 3.63) is 57.6 Å². The van der Waals surface area contributed by atoms with Crippen molar-refractivity contribution in [3.63, 3.8) is 0 Å². The molecule has 1 aliphatic rings. The third kappa shape index (κ3) is 3.81. The predicted octanol–water partition coefficient (Wildman–Crippen LogP) is 1.78. The monoisotopic (exact) mass is 376 g/mol. The molecule has 8 heteroatoms. The number of benzene rings is 1. The van der Waals surface area contributed by atoms with Gasteiger partial charge in [0.05, 0.1) is 0 Å². The Morgan fingerprint density at radius 2 is 2.00 bits per heavy atom. The average molecular weight is 376 g/mol. The molecule has 0 bridgehead atoms. The van der Waals surface area contributed by atoms with Gasteiger partial charge in [-0.3, -0.25) is 4.57 Å². The van der Waals surface area contributed by atoms with Crippen LogP contribution in [0.25, 0.3) is 6.08 Å². The van der Waals surface area contributed by atoms with Crippen LogP contribution in [0, 0.1) is 0 Å². The predicted molar refractivity (Wildman–Crippen MR) is 101 cm³/mol. The SMILES string of the molecule is CCn1c(C2CCCN(S(=O)(=O)/C=C/c3ccccc3)C2)nn(C)c1=O. The maximum absolute atomic E-state index is 12.7. The first kappa shape index (κ1) is 18.6. The first-order valence-corrected chi connectivity index (χ1v) is 10.3. The molecule has 1 saturated heterocycles. The van der Waals surface area contributed by atoms with E-state index in [0.717, 1.165) is 18.4 Å². The molecule has 0 amide bonds. The van der Waals surface area contributed by atoms with Crippen molar-refractivity contribution < 1.29 is 8.42 Å². The fourth-order valence-corrected chi connectivity index (χ4v) is 4.59. The molecule has 2 aromatic rings. The highest BCUT2D eigenvalue weighted by atomic mass is 32.2. The molecule has 0 radical (unpaired) electrons. The van der Waals surface area contributed by atoms with Crippen LogP contribution in [0.4, 0.5) is 0 Å². The van der Waals surface area contributed by atoms with Gasteiger partial charge in [-0.25, -0.2) is 17.9 Å². The number of hydrogen-bond acceptors (Lipinski definition) is 4. The molecule has 1 aromatic carbocycles. The number of hydrogen-bond donors (Lipinski definition) is 0. The summed E-state index contributed by atoms with van der Waals surface area (Å²) in [5, 5.41) is 5.60. The molecule has 0 saturated carbocycles. The normalized spacial score (nSPS) is 19.2. The zero-order valence-electron chi connectivity index (χ0n) is 15.1. The van der Waals surface area contributed by atoms with Crippen LogP contribution in [0.15, 0.2) is 40.5 Å². The molecule has 2 heterocycles. The molecule has 0 N–H and O–H groups in total. The Hall–Kier alpha value is -2.19. The highest BCUT2D eigenvalue weighted by Gasteiger charge is 2.31. The van der Waals surface area contributed by atoms with Gasteiger partial charge in [0.15, 0.2) is 0 Å². The molecule has 0 aliphatic carbocycles. The maximum atomic E-state index is 12.7. The smallest absolute Gasteiger partial charge is 0.279 e. The second-order valence-electron chi connectivity index (χ2n) is 6.46.